The normalized spacial score (nSPS) is 11.7. The molecule has 6 aromatic rings. The first-order chi connectivity index (χ1) is 14.8. The lowest BCUT2D eigenvalue weighted by molar-refractivity contribution is 0.0951. The van der Waals surface area contributed by atoms with Crippen LogP contribution >= 0.6 is 11.8 Å². The Bertz CT molecular complexity index is 1530. The molecule has 0 saturated heterocycles. The number of thioether (sulfide) groups is 1. The predicted octanol–water partition coefficient (Wildman–Crippen LogP) is 5.05. The minimum Gasteiger partial charge on any atom is -0.338 e. The summed E-state index contributed by atoms with van der Waals surface area (Å²) in [4.78, 5) is 21.0. The number of hydrogen-bond donors (Lipinski definition) is 1. The molecule has 144 valence electrons. The number of aromatic amines is 1. The highest BCUT2D eigenvalue weighted by Crippen LogP contribution is 2.29. The SMILES string of the molecule is O=C(CSc1nnc2c(n1)[nH]c1ccccc12)n1c2ccccc2c2ccccc21. The van der Waals surface area contributed by atoms with Crippen LogP contribution in [0.4, 0.5) is 0 Å². The second-order valence-electron chi connectivity index (χ2n) is 7.01. The second-order valence-corrected chi connectivity index (χ2v) is 7.96. The summed E-state index contributed by atoms with van der Waals surface area (Å²) in [5.74, 6) is 0.202. The van der Waals surface area contributed by atoms with E-state index in [-0.39, 0.29) is 11.7 Å². The van der Waals surface area contributed by atoms with Crippen LogP contribution in [-0.2, 0) is 0 Å². The van der Waals surface area contributed by atoms with Crippen molar-refractivity contribution in [2.24, 2.45) is 0 Å². The number of fused-ring (bicyclic) bond motifs is 6. The Hall–Kier alpha value is -3.71. The summed E-state index contributed by atoms with van der Waals surface area (Å²) >= 11 is 1.29. The van der Waals surface area contributed by atoms with Gasteiger partial charge in [0.1, 0.15) is 5.52 Å². The third-order valence-electron chi connectivity index (χ3n) is 5.26. The molecule has 0 bridgehead atoms. The van der Waals surface area contributed by atoms with Gasteiger partial charge in [0.15, 0.2) is 5.65 Å². The van der Waals surface area contributed by atoms with Crippen molar-refractivity contribution >= 4 is 61.5 Å². The number of H-pyrrole nitrogens is 1. The summed E-state index contributed by atoms with van der Waals surface area (Å²) in [6, 6.07) is 23.8. The summed E-state index contributed by atoms with van der Waals surface area (Å²) < 4.78 is 1.78. The number of aromatic nitrogens is 5. The van der Waals surface area contributed by atoms with Gasteiger partial charge in [-0.2, -0.15) is 0 Å². The third kappa shape index (κ3) is 2.59. The number of carbonyl (C=O) groups excluding carboxylic acids is 1. The maximum atomic E-state index is 13.2. The molecule has 0 aliphatic carbocycles. The van der Waals surface area contributed by atoms with Gasteiger partial charge in [-0.05, 0) is 18.2 Å². The molecule has 3 heterocycles. The highest BCUT2D eigenvalue weighted by molar-refractivity contribution is 7.99. The van der Waals surface area contributed by atoms with Crippen molar-refractivity contribution in [2.75, 3.05) is 5.75 Å². The molecular formula is C23H15N5OS. The Balaban J connectivity index is 1.35. The molecule has 3 aromatic heterocycles. The van der Waals surface area contributed by atoms with Crippen LogP contribution in [0.5, 0.6) is 0 Å². The molecule has 6 rings (SSSR count). The maximum absolute atomic E-state index is 13.2. The quantitative estimate of drug-likeness (QED) is 0.414. The fraction of sp³-hybridized carbons (Fsp3) is 0.0435. The Kier molecular flexibility index (Phi) is 3.82. The number of hydrogen-bond acceptors (Lipinski definition) is 5. The standard InChI is InChI=1S/C23H15N5OS/c29-20(28-18-11-5-2-7-14(18)15-8-3-6-12-19(15)28)13-30-23-25-22-21(26-27-23)16-9-1-4-10-17(16)24-22/h1-12H,13H2,(H,24,25,27). The first kappa shape index (κ1) is 17.2. The molecule has 0 fully saturated rings. The van der Waals surface area contributed by atoms with E-state index in [0.29, 0.717) is 10.8 Å². The van der Waals surface area contributed by atoms with E-state index in [9.17, 15) is 4.79 Å². The molecule has 6 nitrogen and oxygen atoms in total. The fourth-order valence-corrected chi connectivity index (χ4v) is 4.59. The van der Waals surface area contributed by atoms with E-state index in [4.69, 9.17) is 0 Å². The molecule has 0 aliphatic rings. The van der Waals surface area contributed by atoms with E-state index in [1.165, 1.54) is 11.8 Å². The van der Waals surface area contributed by atoms with Crippen molar-refractivity contribution < 1.29 is 4.79 Å². The molecule has 0 saturated carbocycles. The molecule has 0 unspecified atom stereocenters. The second kappa shape index (κ2) is 6.67. The number of para-hydroxylation sites is 3. The van der Waals surface area contributed by atoms with Crippen LogP contribution in [0, 0.1) is 0 Å². The van der Waals surface area contributed by atoms with Gasteiger partial charge in [-0.15, -0.1) is 10.2 Å². The van der Waals surface area contributed by atoms with Crippen molar-refractivity contribution in [3.63, 3.8) is 0 Å². The van der Waals surface area contributed by atoms with E-state index in [1.54, 1.807) is 4.57 Å². The van der Waals surface area contributed by atoms with Crippen molar-refractivity contribution in [1.82, 2.24) is 24.7 Å². The summed E-state index contributed by atoms with van der Waals surface area (Å²) in [6.07, 6.45) is 0. The summed E-state index contributed by atoms with van der Waals surface area (Å²) in [5, 5.41) is 12.2. The zero-order valence-electron chi connectivity index (χ0n) is 15.7. The zero-order valence-corrected chi connectivity index (χ0v) is 16.6. The van der Waals surface area contributed by atoms with Crippen molar-refractivity contribution in [2.45, 2.75) is 5.16 Å². The maximum Gasteiger partial charge on any atom is 0.242 e. The average Bonchev–Trinajstić information content (AvgIpc) is 3.33. The van der Waals surface area contributed by atoms with Crippen molar-refractivity contribution in [3.8, 4) is 0 Å². The Morgan fingerprint density at radius 1 is 0.833 bits per heavy atom. The van der Waals surface area contributed by atoms with Gasteiger partial charge in [-0.25, -0.2) is 4.98 Å². The van der Waals surface area contributed by atoms with Crippen LogP contribution in [0.25, 0.3) is 43.9 Å². The smallest absolute Gasteiger partial charge is 0.242 e. The molecule has 0 radical (unpaired) electrons. The van der Waals surface area contributed by atoms with Crippen LogP contribution in [0.3, 0.4) is 0 Å². The molecule has 0 spiro atoms. The molecular weight excluding hydrogens is 394 g/mol. The van der Waals surface area contributed by atoms with Crippen LogP contribution in [0.2, 0.25) is 0 Å². The van der Waals surface area contributed by atoms with Gasteiger partial charge in [-0.1, -0.05) is 66.4 Å². The first-order valence-electron chi connectivity index (χ1n) is 9.55. The van der Waals surface area contributed by atoms with E-state index in [2.05, 4.69) is 20.2 Å². The largest absolute Gasteiger partial charge is 0.338 e. The molecule has 0 amide bonds. The van der Waals surface area contributed by atoms with E-state index in [1.807, 2.05) is 72.8 Å². The topological polar surface area (TPSA) is 76.5 Å². The molecule has 3 aromatic carbocycles. The van der Waals surface area contributed by atoms with Crippen LogP contribution in [0.1, 0.15) is 4.79 Å². The highest BCUT2D eigenvalue weighted by atomic mass is 32.2. The minimum absolute atomic E-state index is 0.0160. The lowest BCUT2D eigenvalue weighted by atomic mass is 10.2. The first-order valence-corrected chi connectivity index (χ1v) is 10.5. The molecule has 30 heavy (non-hydrogen) atoms. The van der Waals surface area contributed by atoms with Gasteiger partial charge in [0.2, 0.25) is 11.1 Å². The highest BCUT2D eigenvalue weighted by Gasteiger charge is 2.17. The lowest BCUT2D eigenvalue weighted by Gasteiger charge is -2.05. The van der Waals surface area contributed by atoms with Gasteiger partial charge in [0.05, 0.1) is 16.8 Å². The van der Waals surface area contributed by atoms with Crippen LogP contribution < -0.4 is 0 Å². The number of carbonyl (C=O) groups is 1. The van der Waals surface area contributed by atoms with E-state index < -0.39 is 0 Å². The van der Waals surface area contributed by atoms with Gasteiger partial charge in [-0.3, -0.25) is 9.36 Å². The summed E-state index contributed by atoms with van der Waals surface area (Å²) in [7, 11) is 0. The lowest BCUT2D eigenvalue weighted by Crippen LogP contribution is -2.13. The Morgan fingerprint density at radius 3 is 2.20 bits per heavy atom. The number of nitrogens with one attached hydrogen (secondary N) is 1. The van der Waals surface area contributed by atoms with E-state index in [0.717, 1.165) is 38.2 Å². The van der Waals surface area contributed by atoms with Gasteiger partial charge < -0.3 is 4.98 Å². The Morgan fingerprint density at radius 2 is 1.47 bits per heavy atom. The third-order valence-corrected chi connectivity index (χ3v) is 6.08. The van der Waals surface area contributed by atoms with Gasteiger partial charge in [0.25, 0.3) is 0 Å². The van der Waals surface area contributed by atoms with E-state index >= 15 is 0 Å². The molecule has 0 aliphatic heterocycles. The summed E-state index contributed by atoms with van der Waals surface area (Å²) in [6.45, 7) is 0. The van der Waals surface area contributed by atoms with Crippen LogP contribution in [-0.4, -0.2) is 36.4 Å². The molecule has 0 atom stereocenters. The summed E-state index contributed by atoms with van der Waals surface area (Å²) in [5.41, 5.74) is 4.21. The zero-order chi connectivity index (χ0) is 20.1. The molecule has 1 N–H and O–H groups in total. The fourth-order valence-electron chi connectivity index (χ4n) is 3.95. The number of rotatable bonds is 3. The van der Waals surface area contributed by atoms with Gasteiger partial charge in [0, 0.05) is 21.7 Å². The van der Waals surface area contributed by atoms with Gasteiger partial charge >= 0.3 is 0 Å². The average molecular weight is 409 g/mol. The van der Waals surface area contributed by atoms with Crippen molar-refractivity contribution in [1.29, 1.82) is 0 Å². The molecule has 7 heteroatoms. The Labute approximate surface area is 174 Å². The number of benzene rings is 3. The van der Waals surface area contributed by atoms with Crippen molar-refractivity contribution in [3.05, 3.63) is 72.8 Å². The minimum atomic E-state index is -0.0160. The number of nitrogens with zero attached hydrogens (tertiary/aromatic N) is 4. The monoisotopic (exact) mass is 409 g/mol. The van der Waals surface area contributed by atoms with Crippen LogP contribution in [0.15, 0.2) is 78.0 Å². The predicted molar refractivity (Wildman–Crippen MR) is 120 cm³/mol.